The molecule has 0 aliphatic heterocycles. The van der Waals surface area contributed by atoms with Gasteiger partial charge in [-0.2, -0.15) is 9.64 Å². The van der Waals surface area contributed by atoms with E-state index < -0.39 is 0 Å². The van der Waals surface area contributed by atoms with Gasteiger partial charge in [-0.25, -0.2) is 0 Å². The molecule has 1 heterocycles. The van der Waals surface area contributed by atoms with E-state index in [0.29, 0.717) is 10.6 Å². The molecule has 2 N–H and O–H groups in total. The van der Waals surface area contributed by atoms with Crippen LogP contribution in [0.4, 0.5) is 10.7 Å². The fourth-order valence-corrected chi connectivity index (χ4v) is 3.21. The molecule has 1 amide bonds. The number of nitrogens with one attached hydrogen (secondary N) is 2. The van der Waals surface area contributed by atoms with E-state index >= 15 is 0 Å². The summed E-state index contributed by atoms with van der Waals surface area (Å²) in [5.74, 6) is 0.289. The Hall–Kier alpha value is -2.10. The molecule has 1 saturated carbocycles. The predicted molar refractivity (Wildman–Crippen MR) is 91.7 cm³/mol. The Bertz CT molecular complexity index is 761. The lowest BCUT2D eigenvalue weighted by Crippen LogP contribution is -2.13. The SMILES string of the molecule is CC(Nc1snc(Cl)c1C#N)c1ccc(NC(=O)C2CC2)cc1. The number of carbonyl (C=O) groups is 1. The number of anilines is 2. The average Bonchev–Trinajstić information content (AvgIpc) is 3.33. The molecule has 1 aliphatic carbocycles. The topological polar surface area (TPSA) is 77.8 Å². The summed E-state index contributed by atoms with van der Waals surface area (Å²) in [6, 6.07) is 9.73. The second-order valence-corrected chi connectivity index (χ2v) is 6.67. The maximum absolute atomic E-state index is 11.7. The van der Waals surface area contributed by atoms with Gasteiger partial charge >= 0.3 is 0 Å². The Labute approximate surface area is 143 Å². The van der Waals surface area contributed by atoms with Gasteiger partial charge in [0.25, 0.3) is 0 Å². The molecular weight excluding hydrogens is 332 g/mol. The molecule has 1 aromatic heterocycles. The van der Waals surface area contributed by atoms with E-state index in [9.17, 15) is 4.79 Å². The van der Waals surface area contributed by atoms with Gasteiger partial charge in [0.15, 0.2) is 5.15 Å². The van der Waals surface area contributed by atoms with Crippen LogP contribution in [0.5, 0.6) is 0 Å². The number of nitriles is 1. The first-order valence-corrected chi connectivity index (χ1v) is 8.46. The highest BCUT2D eigenvalue weighted by Gasteiger charge is 2.29. The summed E-state index contributed by atoms with van der Waals surface area (Å²) < 4.78 is 3.98. The van der Waals surface area contributed by atoms with Crippen molar-refractivity contribution in [2.45, 2.75) is 25.8 Å². The summed E-state index contributed by atoms with van der Waals surface area (Å²) in [5.41, 5.74) is 2.22. The van der Waals surface area contributed by atoms with E-state index in [1.54, 1.807) is 0 Å². The summed E-state index contributed by atoms with van der Waals surface area (Å²) in [7, 11) is 0. The van der Waals surface area contributed by atoms with Gasteiger partial charge in [0.1, 0.15) is 16.6 Å². The first-order valence-electron chi connectivity index (χ1n) is 7.31. The summed E-state index contributed by atoms with van der Waals surface area (Å²) >= 11 is 7.04. The summed E-state index contributed by atoms with van der Waals surface area (Å²) in [5, 5.41) is 16.1. The third-order valence-electron chi connectivity index (χ3n) is 3.74. The van der Waals surface area contributed by atoms with Crippen LogP contribution in [0.1, 0.15) is 36.9 Å². The monoisotopic (exact) mass is 346 g/mol. The van der Waals surface area contributed by atoms with Gasteiger partial charge in [-0.3, -0.25) is 4.79 Å². The number of aromatic nitrogens is 1. The highest BCUT2D eigenvalue weighted by molar-refractivity contribution is 7.10. The molecule has 5 nitrogen and oxygen atoms in total. The Morgan fingerprint density at radius 2 is 2.13 bits per heavy atom. The van der Waals surface area contributed by atoms with Gasteiger partial charge in [-0.15, -0.1) is 0 Å². The van der Waals surface area contributed by atoms with Crippen molar-refractivity contribution in [2.75, 3.05) is 10.6 Å². The number of amides is 1. The van der Waals surface area contributed by atoms with Crippen LogP contribution in [-0.2, 0) is 4.79 Å². The molecule has 7 heteroatoms. The second kappa shape index (κ2) is 6.57. The zero-order chi connectivity index (χ0) is 16.4. The Morgan fingerprint density at radius 3 is 2.74 bits per heavy atom. The van der Waals surface area contributed by atoms with Gasteiger partial charge in [-0.1, -0.05) is 23.7 Å². The molecule has 0 bridgehead atoms. The van der Waals surface area contributed by atoms with E-state index in [0.717, 1.165) is 24.1 Å². The van der Waals surface area contributed by atoms with E-state index in [-0.39, 0.29) is 23.0 Å². The number of benzene rings is 1. The van der Waals surface area contributed by atoms with Crippen molar-refractivity contribution in [1.82, 2.24) is 4.37 Å². The van der Waals surface area contributed by atoms with Crippen LogP contribution < -0.4 is 10.6 Å². The van der Waals surface area contributed by atoms with Gasteiger partial charge in [0.05, 0.1) is 0 Å². The molecule has 1 unspecified atom stereocenters. The minimum absolute atomic E-state index is 0.00759. The molecule has 0 radical (unpaired) electrons. The van der Waals surface area contributed by atoms with Crippen molar-refractivity contribution < 1.29 is 4.79 Å². The van der Waals surface area contributed by atoms with Crippen molar-refractivity contribution in [3.05, 3.63) is 40.5 Å². The highest BCUT2D eigenvalue weighted by Crippen LogP contribution is 2.32. The smallest absolute Gasteiger partial charge is 0.227 e. The molecule has 3 rings (SSSR count). The maximum Gasteiger partial charge on any atom is 0.227 e. The number of hydrogen-bond donors (Lipinski definition) is 2. The third-order valence-corrected chi connectivity index (χ3v) is 4.89. The standard InChI is InChI=1S/C16H15ClN4OS/c1-9(19-16-13(8-18)14(17)21-23-16)10-4-6-12(7-5-10)20-15(22)11-2-3-11/h4-7,9,11,19H,2-3H2,1H3,(H,20,22). The maximum atomic E-state index is 11.7. The zero-order valence-electron chi connectivity index (χ0n) is 12.5. The molecule has 0 saturated heterocycles. The van der Waals surface area contributed by atoms with E-state index in [2.05, 4.69) is 21.1 Å². The quantitative estimate of drug-likeness (QED) is 0.850. The fraction of sp³-hybridized carbons (Fsp3) is 0.312. The Kier molecular flexibility index (Phi) is 4.51. The summed E-state index contributed by atoms with van der Waals surface area (Å²) in [6.45, 7) is 1.99. The first kappa shape index (κ1) is 15.8. The van der Waals surface area contributed by atoms with Crippen LogP contribution in [0.3, 0.4) is 0 Å². The van der Waals surface area contributed by atoms with E-state index in [1.807, 2.05) is 31.2 Å². The minimum atomic E-state index is -0.00759. The third kappa shape index (κ3) is 3.63. The van der Waals surface area contributed by atoms with Crippen molar-refractivity contribution in [1.29, 1.82) is 5.26 Å². The van der Waals surface area contributed by atoms with Crippen molar-refractivity contribution >= 4 is 39.7 Å². The number of nitrogens with zero attached hydrogens (tertiary/aromatic N) is 2. The van der Waals surface area contributed by atoms with Crippen LogP contribution in [0.2, 0.25) is 5.15 Å². The van der Waals surface area contributed by atoms with E-state index in [4.69, 9.17) is 16.9 Å². The molecule has 1 fully saturated rings. The molecule has 1 atom stereocenters. The van der Waals surface area contributed by atoms with Crippen LogP contribution in [-0.4, -0.2) is 10.3 Å². The minimum Gasteiger partial charge on any atom is -0.368 e. The lowest BCUT2D eigenvalue weighted by Gasteiger charge is -2.15. The lowest BCUT2D eigenvalue weighted by molar-refractivity contribution is -0.117. The first-order chi connectivity index (χ1) is 11.1. The molecule has 1 aliphatic rings. The van der Waals surface area contributed by atoms with Gasteiger partial charge < -0.3 is 10.6 Å². The van der Waals surface area contributed by atoms with Crippen molar-refractivity contribution in [3.63, 3.8) is 0 Å². The molecule has 0 spiro atoms. The second-order valence-electron chi connectivity index (χ2n) is 5.54. The van der Waals surface area contributed by atoms with Crippen LogP contribution in [0.15, 0.2) is 24.3 Å². The van der Waals surface area contributed by atoms with Crippen LogP contribution in [0.25, 0.3) is 0 Å². The fourth-order valence-electron chi connectivity index (χ4n) is 2.19. The van der Waals surface area contributed by atoms with Crippen molar-refractivity contribution in [3.8, 4) is 6.07 Å². The normalized spacial score (nSPS) is 14.8. The Morgan fingerprint density at radius 1 is 1.43 bits per heavy atom. The lowest BCUT2D eigenvalue weighted by atomic mass is 10.1. The zero-order valence-corrected chi connectivity index (χ0v) is 14.0. The van der Waals surface area contributed by atoms with E-state index in [1.165, 1.54) is 11.5 Å². The predicted octanol–water partition coefficient (Wildman–Crippen LogP) is 4.19. The largest absolute Gasteiger partial charge is 0.368 e. The van der Waals surface area contributed by atoms with Crippen molar-refractivity contribution in [2.24, 2.45) is 5.92 Å². The number of halogens is 1. The van der Waals surface area contributed by atoms with Gasteiger partial charge in [0, 0.05) is 17.6 Å². The molecule has 23 heavy (non-hydrogen) atoms. The number of rotatable bonds is 5. The molecule has 2 aromatic rings. The summed E-state index contributed by atoms with van der Waals surface area (Å²) in [6.07, 6.45) is 1.98. The highest BCUT2D eigenvalue weighted by atomic mass is 35.5. The molecular formula is C16H15ClN4OS. The van der Waals surface area contributed by atoms with Gasteiger partial charge in [-0.05, 0) is 49.0 Å². The van der Waals surface area contributed by atoms with Gasteiger partial charge in [0.2, 0.25) is 5.91 Å². The molecule has 118 valence electrons. The van der Waals surface area contributed by atoms with Crippen LogP contribution in [0, 0.1) is 17.2 Å². The Balaban J connectivity index is 1.66. The number of hydrogen-bond acceptors (Lipinski definition) is 5. The number of carbonyl (C=O) groups excluding carboxylic acids is 1. The summed E-state index contributed by atoms with van der Waals surface area (Å²) in [4.78, 5) is 11.7. The average molecular weight is 347 g/mol. The van der Waals surface area contributed by atoms with Crippen LogP contribution >= 0.6 is 23.1 Å². The molecule has 1 aromatic carbocycles.